The third-order valence-corrected chi connectivity index (χ3v) is 6.53. The molecule has 0 fully saturated rings. The molecule has 0 aliphatic rings. The molecular weight excluding hydrogens is 509 g/mol. The smallest absolute Gasteiger partial charge is 0.416 e. The molecule has 214 valence electrons. The summed E-state index contributed by atoms with van der Waals surface area (Å²) in [6.07, 6.45) is 7.66. The SMILES string of the molecule is CCCCCCCCCCCCNC(=O)c1ccc(CN(Cc2ccc(C(F)(F)F)cc2)C(=O)C(=O)O)cc1. The van der Waals surface area contributed by atoms with Gasteiger partial charge in [-0.15, -0.1) is 0 Å². The van der Waals surface area contributed by atoms with E-state index in [-0.39, 0.29) is 19.0 Å². The summed E-state index contributed by atoms with van der Waals surface area (Å²) < 4.78 is 38.4. The van der Waals surface area contributed by atoms with E-state index in [0.717, 1.165) is 36.3 Å². The Kier molecular flexibility index (Phi) is 13.5. The molecule has 0 aromatic heterocycles. The fourth-order valence-corrected chi connectivity index (χ4v) is 4.25. The zero-order valence-electron chi connectivity index (χ0n) is 22.6. The van der Waals surface area contributed by atoms with E-state index in [2.05, 4.69) is 12.2 Å². The number of amides is 2. The Labute approximate surface area is 228 Å². The average molecular weight is 549 g/mol. The molecule has 0 unspecified atom stereocenters. The monoisotopic (exact) mass is 548 g/mol. The minimum atomic E-state index is -4.49. The normalized spacial score (nSPS) is 11.3. The number of unbranched alkanes of at least 4 members (excludes halogenated alkanes) is 9. The lowest BCUT2D eigenvalue weighted by Gasteiger charge is -2.21. The van der Waals surface area contributed by atoms with Crippen molar-refractivity contribution in [3.63, 3.8) is 0 Å². The summed E-state index contributed by atoms with van der Waals surface area (Å²) in [5.41, 5.74) is 0.567. The van der Waals surface area contributed by atoms with Crippen LogP contribution in [0.4, 0.5) is 13.2 Å². The number of carbonyl (C=O) groups is 3. The third kappa shape index (κ3) is 11.9. The molecule has 9 heteroatoms. The molecule has 2 aromatic carbocycles. The number of carboxylic acids is 1. The van der Waals surface area contributed by atoms with Gasteiger partial charge in [-0.2, -0.15) is 13.2 Å². The van der Waals surface area contributed by atoms with Crippen LogP contribution in [0.15, 0.2) is 48.5 Å². The van der Waals surface area contributed by atoms with Crippen molar-refractivity contribution < 1.29 is 32.7 Å². The zero-order valence-corrected chi connectivity index (χ0v) is 22.6. The first kappa shape index (κ1) is 31.9. The van der Waals surface area contributed by atoms with E-state index in [1.165, 1.54) is 57.1 Å². The quantitative estimate of drug-likeness (QED) is 0.175. The summed E-state index contributed by atoms with van der Waals surface area (Å²) in [6.45, 7) is 2.55. The number of nitrogens with one attached hydrogen (secondary N) is 1. The Morgan fingerprint density at radius 3 is 1.67 bits per heavy atom. The number of hydrogen-bond donors (Lipinski definition) is 2. The van der Waals surface area contributed by atoms with E-state index in [9.17, 15) is 32.7 Å². The highest BCUT2D eigenvalue weighted by molar-refractivity contribution is 6.31. The maximum Gasteiger partial charge on any atom is 0.416 e. The van der Waals surface area contributed by atoms with Gasteiger partial charge in [0, 0.05) is 25.2 Å². The summed E-state index contributed by atoms with van der Waals surface area (Å²) >= 11 is 0. The number of rotatable bonds is 16. The largest absolute Gasteiger partial charge is 0.474 e. The first-order valence-electron chi connectivity index (χ1n) is 13.7. The van der Waals surface area contributed by atoms with Crippen LogP contribution in [-0.4, -0.2) is 34.3 Å². The molecular formula is C30H39F3N2O4. The van der Waals surface area contributed by atoms with Crippen LogP contribution in [0, 0.1) is 0 Å². The van der Waals surface area contributed by atoms with Crippen LogP contribution in [-0.2, 0) is 28.9 Å². The lowest BCUT2D eigenvalue weighted by Crippen LogP contribution is -2.35. The molecule has 0 saturated carbocycles. The number of carbonyl (C=O) groups excluding carboxylic acids is 2. The lowest BCUT2D eigenvalue weighted by molar-refractivity contribution is -0.156. The van der Waals surface area contributed by atoms with Crippen LogP contribution in [0.3, 0.4) is 0 Å². The molecule has 2 rings (SSSR count). The second-order valence-electron chi connectivity index (χ2n) is 9.80. The zero-order chi connectivity index (χ0) is 28.7. The molecule has 2 amide bonds. The first-order valence-corrected chi connectivity index (χ1v) is 13.7. The van der Waals surface area contributed by atoms with Gasteiger partial charge in [-0.25, -0.2) is 4.79 Å². The van der Waals surface area contributed by atoms with Crippen molar-refractivity contribution in [2.45, 2.75) is 90.4 Å². The highest BCUT2D eigenvalue weighted by Gasteiger charge is 2.30. The standard InChI is InChI=1S/C30H39F3N2O4/c1-2-3-4-5-6-7-8-9-10-11-20-34-27(36)25-16-12-23(13-17-25)21-35(28(37)29(38)39)22-24-14-18-26(19-15-24)30(31,32)33/h12-19H,2-11,20-22H2,1H3,(H,34,36)(H,38,39). The summed E-state index contributed by atoms with van der Waals surface area (Å²) in [7, 11) is 0. The molecule has 2 N–H and O–H groups in total. The lowest BCUT2D eigenvalue weighted by atomic mass is 10.1. The Morgan fingerprint density at radius 1 is 0.744 bits per heavy atom. The molecule has 0 aliphatic carbocycles. The molecule has 0 heterocycles. The number of alkyl halides is 3. The topological polar surface area (TPSA) is 86.7 Å². The minimum Gasteiger partial charge on any atom is -0.474 e. The van der Waals surface area contributed by atoms with E-state index in [4.69, 9.17) is 0 Å². The molecule has 0 bridgehead atoms. The van der Waals surface area contributed by atoms with E-state index in [1.54, 1.807) is 24.3 Å². The van der Waals surface area contributed by atoms with Gasteiger partial charge >= 0.3 is 18.1 Å². The maximum absolute atomic E-state index is 12.8. The Morgan fingerprint density at radius 2 is 1.21 bits per heavy atom. The molecule has 0 aliphatic heterocycles. The second-order valence-corrected chi connectivity index (χ2v) is 9.80. The fraction of sp³-hybridized carbons (Fsp3) is 0.500. The molecule has 39 heavy (non-hydrogen) atoms. The summed E-state index contributed by atoms with van der Waals surface area (Å²) in [5, 5.41) is 12.1. The Balaban J connectivity index is 1.81. The number of nitrogens with zero attached hydrogens (tertiary/aromatic N) is 1. The van der Waals surface area contributed by atoms with Gasteiger partial charge in [0.1, 0.15) is 0 Å². The van der Waals surface area contributed by atoms with Crippen molar-refractivity contribution in [1.29, 1.82) is 0 Å². The van der Waals surface area contributed by atoms with E-state index < -0.39 is 23.6 Å². The summed E-state index contributed by atoms with van der Waals surface area (Å²) in [4.78, 5) is 37.0. The highest BCUT2D eigenvalue weighted by Crippen LogP contribution is 2.29. The number of benzene rings is 2. The third-order valence-electron chi connectivity index (χ3n) is 6.53. The van der Waals surface area contributed by atoms with Crippen LogP contribution in [0.25, 0.3) is 0 Å². The van der Waals surface area contributed by atoms with Crippen molar-refractivity contribution in [2.24, 2.45) is 0 Å². The molecule has 0 atom stereocenters. The predicted molar refractivity (Wildman–Crippen MR) is 144 cm³/mol. The van der Waals surface area contributed by atoms with Crippen LogP contribution in [0.5, 0.6) is 0 Å². The van der Waals surface area contributed by atoms with Crippen molar-refractivity contribution in [2.75, 3.05) is 6.54 Å². The average Bonchev–Trinajstić information content (AvgIpc) is 2.91. The van der Waals surface area contributed by atoms with Crippen molar-refractivity contribution in [3.8, 4) is 0 Å². The summed E-state index contributed by atoms with van der Waals surface area (Å²) in [6, 6.07) is 10.7. The molecule has 6 nitrogen and oxygen atoms in total. The van der Waals surface area contributed by atoms with Crippen molar-refractivity contribution in [1.82, 2.24) is 10.2 Å². The van der Waals surface area contributed by atoms with Gasteiger partial charge in [0.15, 0.2) is 0 Å². The number of carboxylic acid groups (broad SMARTS) is 1. The van der Waals surface area contributed by atoms with Gasteiger partial charge in [-0.1, -0.05) is 89.0 Å². The number of aliphatic carboxylic acids is 1. The van der Waals surface area contributed by atoms with Gasteiger partial charge in [0.2, 0.25) is 0 Å². The van der Waals surface area contributed by atoms with Crippen LogP contribution in [0.1, 0.15) is 98.2 Å². The van der Waals surface area contributed by atoms with E-state index in [0.29, 0.717) is 23.2 Å². The predicted octanol–water partition coefficient (Wildman–Crippen LogP) is 6.97. The Bertz CT molecular complexity index is 1040. The summed E-state index contributed by atoms with van der Waals surface area (Å²) in [5.74, 6) is -3.04. The molecule has 0 radical (unpaired) electrons. The maximum atomic E-state index is 12.8. The number of halogens is 3. The van der Waals surface area contributed by atoms with Crippen molar-refractivity contribution >= 4 is 17.8 Å². The van der Waals surface area contributed by atoms with Gasteiger partial charge in [-0.3, -0.25) is 9.59 Å². The van der Waals surface area contributed by atoms with Crippen molar-refractivity contribution in [3.05, 3.63) is 70.8 Å². The van der Waals surface area contributed by atoms with Gasteiger partial charge in [-0.05, 0) is 41.8 Å². The second kappa shape index (κ2) is 16.6. The van der Waals surface area contributed by atoms with E-state index in [1.807, 2.05) is 0 Å². The highest BCUT2D eigenvalue weighted by atomic mass is 19.4. The molecule has 0 spiro atoms. The first-order chi connectivity index (χ1) is 18.6. The van der Waals surface area contributed by atoms with Crippen LogP contribution in [0.2, 0.25) is 0 Å². The Hall–Kier alpha value is -3.36. The number of hydrogen-bond acceptors (Lipinski definition) is 3. The molecule has 0 saturated heterocycles. The minimum absolute atomic E-state index is 0.0767. The van der Waals surface area contributed by atoms with E-state index >= 15 is 0 Å². The van der Waals surface area contributed by atoms with Gasteiger partial charge in [0.25, 0.3) is 5.91 Å². The molecule has 2 aromatic rings. The van der Waals surface area contributed by atoms with Gasteiger partial charge < -0.3 is 15.3 Å². The van der Waals surface area contributed by atoms with Gasteiger partial charge in [0.05, 0.1) is 5.56 Å². The van der Waals surface area contributed by atoms with Crippen LogP contribution >= 0.6 is 0 Å². The fourth-order valence-electron chi connectivity index (χ4n) is 4.25. The van der Waals surface area contributed by atoms with Crippen LogP contribution < -0.4 is 5.32 Å².